The third-order valence-electron chi connectivity index (χ3n) is 2.36. The molecule has 0 atom stereocenters. The first kappa shape index (κ1) is 12.4. The number of benzene rings is 1. The summed E-state index contributed by atoms with van der Waals surface area (Å²) in [6.07, 6.45) is 0. The maximum Gasteiger partial charge on any atom is 0.163 e. The van der Waals surface area contributed by atoms with E-state index < -0.39 is 0 Å². The van der Waals surface area contributed by atoms with Crippen molar-refractivity contribution >= 4 is 11.6 Å². The molecule has 86 valence electrons. The molecule has 0 heterocycles. The first-order valence-corrected chi connectivity index (χ1v) is 5.26. The third-order valence-corrected chi connectivity index (χ3v) is 2.36. The number of ether oxygens (including phenoxy) is 1. The van der Waals surface area contributed by atoms with Gasteiger partial charge in [-0.1, -0.05) is 0 Å². The molecular weight excluding hydrogens is 204 g/mol. The normalized spacial score (nSPS) is 10.0. The molecule has 0 bridgehead atoms. The fourth-order valence-corrected chi connectivity index (χ4v) is 1.68. The molecule has 3 heteroatoms. The summed E-state index contributed by atoms with van der Waals surface area (Å²) in [6, 6.07) is 3.36. The largest absolute Gasteiger partial charge is 0.493 e. The fraction of sp³-hybridized carbons (Fsp3) is 0.385. The van der Waals surface area contributed by atoms with Crippen molar-refractivity contribution in [2.75, 3.05) is 6.61 Å². The highest BCUT2D eigenvalue weighted by molar-refractivity contribution is 6.01. The summed E-state index contributed by atoms with van der Waals surface area (Å²) in [6.45, 7) is 7.13. The molecule has 1 aromatic rings. The average Bonchev–Trinajstić information content (AvgIpc) is 2.16. The van der Waals surface area contributed by atoms with Crippen molar-refractivity contribution < 1.29 is 14.3 Å². The van der Waals surface area contributed by atoms with E-state index in [2.05, 4.69) is 0 Å². The Morgan fingerprint density at radius 2 is 1.81 bits per heavy atom. The van der Waals surface area contributed by atoms with Crippen LogP contribution in [-0.4, -0.2) is 18.2 Å². The highest BCUT2D eigenvalue weighted by Gasteiger charge is 2.14. The van der Waals surface area contributed by atoms with Crippen molar-refractivity contribution in [1.82, 2.24) is 0 Å². The maximum absolute atomic E-state index is 11.5. The van der Waals surface area contributed by atoms with Gasteiger partial charge in [0.15, 0.2) is 11.6 Å². The van der Waals surface area contributed by atoms with Gasteiger partial charge in [0.2, 0.25) is 0 Å². The van der Waals surface area contributed by atoms with Crippen molar-refractivity contribution in [3.8, 4) is 5.75 Å². The van der Waals surface area contributed by atoms with Crippen LogP contribution in [0, 0.1) is 6.92 Å². The van der Waals surface area contributed by atoms with Crippen molar-refractivity contribution in [2.24, 2.45) is 0 Å². The number of carbonyl (C=O) groups is 2. The van der Waals surface area contributed by atoms with Crippen molar-refractivity contribution in [2.45, 2.75) is 27.7 Å². The molecule has 16 heavy (non-hydrogen) atoms. The van der Waals surface area contributed by atoms with E-state index in [0.717, 1.165) is 5.56 Å². The van der Waals surface area contributed by atoms with Gasteiger partial charge in [0.05, 0.1) is 12.2 Å². The van der Waals surface area contributed by atoms with Crippen LogP contribution in [0.4, 0.5) is 0 Å². The zero-order valence-corrected chi connectivity index (χ0v) is 10.1. The van der Waals surface area contributed by atoms with Gasteiger partial charge in [-0.2, -0.15) is 0 Å². The van der Waals surface area contributed by atoms with Crippen LogP contribution in [-0.2, 0) is 0 Å². The third kappa shape index (κ3) is 2.48. The summed E-state index contributed by atoms with van der Waals surface area (Å²) in [5.41, 5.74) is 1.92. The molecule has 0 saturated heterocycles. The van der Waals surface area contributed by atoms with Crippen LogP contribution in [0.3, 0.4) is 0 Å². The number of hydrogen-bond acceptors (Lipinski definition) is 3. The topological polar surface area (TPSA) is 43.4 Å². The van der Waals surface area contributed by atoms with E-state index in [1.54, 1.807) is 12.1 Å². The zero-order valence-electron chi connectivity index (χ0n) is 10.1. The van der Waals surface area contributed by atoms with Crippen LogP contribution in [0.15, 0.2) is 12.1 Å². The predicted molar refractivity (Wildman–Crippen MR) is 62.4 cm³/mol. The van der Waals surface area contributed by atoms with E-state index in [4.69, 9.17) is 4.74 Å². The average molecular weight is 220 g/mol. The van der Waals surface area contributed by atoms with Crippen LogP contribution < -0.4 is 4.74 Å². The lowest BCUT2D eigenvalue weighted by Gasteiger charge is -2.12. The molecule has 0 aliphatic rings. The predicted octanol–water partition coefficient (Wildman–Crippen LogP) is 2.80. The Labute approximate surface area is 95.4 Å². The smallest absolute Gasteiger partial charge is 0.163 e. The number of ketones is 2. The van der Waals surface area contributed by atoms with Crippen LogP contribution in [0.5, 0.6) is 5.75 Å². The van der Waals surface area contributed by atoms with E-state index >= 15 is 0 Å². The summed E-state index contributed by atoms with van der Waals surface area (Å²) in [5, 5.41) is 0. The van der Waals surface area contributed by atoms with Crippen molar-refractivity contribution in [3.63, 3.8) is 0 Å². The molecule has 1 rings (SSSR count). The standard InChI is InChI=1S/C13H16O3/c1-5-16-12-7-11(9(3)14)6-8(2)13(12)10(4)15/h6-7H,5H2,1-4H3. The molecule has 0 radical (unpaired) electrons. The van der Waals surface area contributed by atoms with Gasteiger partial charge < -0.3 is 4.74 Å². The molecular formula is C13H16O3. The molecule has 0 unspecified atom stereocenters. The fourth-order valence-electron chi connectivity index (χ4n) is 1.68. The van der Waals surface area contributed by atoms with E-state index in [1.165, 1.54) is 13.8 Å². The van der Waals surface area contributed by atoms with Crippen LogP contribution >= 0.6 is 0 Å². The molecule has 1 aromatic carbocycles. The van der Waals surface area contributed by atoms with Gasteiger partial charge in [0.25, 0.3) is 0 Å². The second-order valence-corrected chi connectivity index (χ2v) is 3.71. The number of hydrogen-bond donors (Lipinski definition) is 0. The molecule has 0 amide bonds. The second-order valence-electron chi connectivity index (χ2n) is 3.71. The lowest BCUT2D eigenvalue weighted by Crippen LogP contribution is -2.06. The quantitative estimate of drug-likeness (QED) is 0.733. The molecule has 0 fully saturated rings. The number of rotatable bonds is 4. The van der Waals surface area contributed by atoms with Gasteiger partial charge in [-0.3, -0.25) is 9.59 Å². The Balaban J connectivity index is 3.38. The van der Waals surface area contributed by atoms with Gasteiger partial charge in [0, 0.05) is 5.56 Å². The second kappa shape index (κ2) is 4.92. The summed E-state index contributed by atoms with van der Waals surface area (Å²) < 4.78 is 5.40. The minimum absolute atomic E-state index is 0.0286. The number of carbonyl (C=O) groups excluding carboxylic acids is 2. The highest BCUT2D eigenvalue weighted by atomic mass is 16.5. The van der Waals surface area contributed by atoms with Crippen molar-refractivity contribution in [1.29, 1.82) is 0 Å². The van der Waals surface area contributed by atoms with Gasteiger partial charge in [-0.25, -0.2) is 0 Å². The molecule has 0 saturated carbocycles. The monoisotopic (exact) mass is 220 g/mol. The maximum atomic E-state index is 11.5. The number of Topliss-reactive ketones (excluding diaryl/α,β-unsaturated/α-hetero) is 2. The Morgan fingerprint density at radius 1 is 1.19 bits per heavy atom. The Bertz CT molecular complexity index is 433. The van der Waals surface area contributed by atoms with E-state index in [-0.39, 0.29) is 11.6 Å². The Morgan fingerprint density at radius 3 is 2.25 bits per heavy atom. The van der Waals surface area contributed by atoms with Crippen LogP contribution in [0.2, 0.25) is 0 Å². The van der Waals surface area contributed by atoms with Gasteiger partial charge in [0.1, 0.15) is 5.75 Å². The summed E-state index contributed by atoms with van der Waals surface area (Å²) >= 11 is 0. The molecule has 3 nitrogen and oxygen atoms in total. The first-order chi connectivity index (χ1) is 7.47. The first-order valence-electron chi connectivity index (χ1n) is 5.26. The van der Waals surface area contributed by atoms with E-state index in [1.807, 2.05) is 13.8 Å². The van der Waals surface area contributed by atoms with Gasteiger partial charge in [-0.05, 0) is 45.4 Å². The lowest BCUT2D eigenvalue weighted by atomic mass is 9.99. The molecule has 0 aliphatic carbocycles. The summed E-state index contributed by atoms with van der Waals surface area (Å²) in [5.74, 6) is 0.426. The van der Waals surface area contributed by atoms with Crippen LogP contribution in [0.1, 0.15) is 47.1 Å². The molecule has 0 spiro atoms. The van der Waals surface area contributed by atoms with E-state index in [0.29, 0.717) is 23.5 Å². The molecule has 0 aliphatic heterocycles. The highest BCUT2D eigenvalue weighted by Crippen LogP contribution is 2.25. The van der Waals surface area contributed by atoms with E-state index in [9.17, 15) is 9.59 Å². The summed E-state index contributed by atoms with van der Waals surface area (Å²) in [7, 11) is 0. The zero-order chi connectivity index (χ0) is 12.3. The lowest BCUT2D eigenvalue weighted by molar-refractivity contribution is 0.0997. The number of aryl methyl sites for hydroxylation is 1. The Kier molecular flexibility index (Phi) is 3.82. The summed E-state index contributed by atoms with van der Waals surface area (Å²) in [4.78, 5) is 22.8. The van der Waals surface area contributed by atoms with Gasteiger partial charge in [-0.15, -0.1) is 0 Å². The molecule has 0 aromatic heterocycles. The minimum atomic E-state index is -0.0453. The van der Waals surface area contributed by atoms with Crippen LogP contribution in [0.25, 0.3) is 0 Å². The van der Waals surface area contributed by atoms with Crippen molar-refractivity contribution in [3.05, 3.63) is 28.8 Å². The Hall–Kier alpha value is -1.64. The SMILES string of the molecule is CCOc1cc(C(C)=O)cc(C)c1C(C)=O. The molecule has 0 N–H and O–H groups in total. The van der Waals surface area contributed by atoms with Gasteiger partial charge >= 0.3 is 0 Å². The minimum Gasteiger partial charge on any atom is -0.493 e.